The standard InChI is InChI=1S/C9H13F3N4O/c10-9(11,12)6-16(1-2-17)8-14-4-7(3-13)5-15-8/h4-5,17H,1-3,6,13H2. The van der Waals surface area contributed by atoms with Crippen molar-refractivity contribution in [1.82, 2.24) is 9.97 Å². The molecule has 1 aromatic heterocycles. The predicted octanol–water partition coefficient (Wildman–Crippen LogP) is 0.296. The molecular weight excluding hydrogens is 237 g/mol. The molecule has 1 aromatic rings. The van der Waals surface area contributed by atoms with E-state index in [1.54, 1.807) is 0 Å². The van der Waals surface area contributed by atoms with Gasteiger partial charge in [0, 0.05) is 31.0 Å². The minimum Gasteiger partial charge on any atom is -0.395 e. The van der Waals surface area contributed by atoms with Crippen molar-refractivity contribution in [1.29, 1.82) is 0 Å². The van der Waals surface area contributed by atoms with Gasteiger partial charge in [0.25, 0.3) is 0 Å². The number of aliphatic hydroxyl groups excluding tert-OH is 1. The molecule has 96 valence electrons. The van der Waals surface area contributed by atoms with Gasteiger partial charge >= 0.3 is 6.18 Å². The lowest BCUT2D eigenvalue weighted by atomic mass is 10.3. The Balaban J connectivity index is 2.81. The van der Waals surface area contributed by atoms with Crippen LogP contribution in [0.25, 0.3) is 0 Å². The van der Waals surface area contributed by atoms with Crippen molar-refractivity contribution in [3.63, 3.8) is 0 Å². The van der Waals surface area contributed by atoms with Crippen molar-refractivity contribution < 1.29 is 18.3 Å². The van der Waals surface area contributed by atoms with Crippen LogP contribution in [0.4, 0.5) is 19.1 Å². The minimum absolute atomic E-state index is 0.0754. The Labute approximate surface area is 96.1 Å². The van der Waals surface area contributed by atoms with Crippen LogP contribution in [0.1, 0.15) is 5.56 Å². The van der Waals surface area contributed by atoms with Crippen LogP contribution in [0.3, 0.4) is 0 Å². The third kappa shape index (κ3) is 4.53. The molecule has 0 aromatic carbocycles. The van der Waals surface area contributed by atoms with E-state index in [9.17, 15) is 13.2 Å². The Kier molecular flexibility index (Phi) is 4.64. The maximum atomic E-state index is 12.3. The molecular formula is C9H13F3N4O. The number of nitrogens with zero attached hydrogens (tertiary/aromatic N) is 3. The van der Waals surface area contributed by atoms with Crippen molar-refractivity contribution in [2.24, 2.45) is 5.73 Å². The Bertz CT molecular complexity index is 341. The number of halogens is 3. The van der Waals surface area contributed by atoms with Gasteiger partial charge in [0.05, 0.1) is 6.61 Å². The zero-order valence-corrected chi connectivity index (χ0v) is 8.98. The van der Waals surface area contributed by atoms with Crippen LogP contribution >= 0.6 is 0 Å². The van der Waals surface area contributed by atoms with E-state index in [1.165, 1.54) is 12.4 Å². The van der Waals surface area contributed by atoms with E-state index in [1.807, 2.05) is 0 Å². The Morgan fingerprint density at radius 1 is 1.29 bits per heavy atom. The third-order valence-corrected chi connectivity index (χ3v) is 1.95. The summed E-state index contributed by atoms with van der Waals surface area (Å²) in [6, 6.07) is 0. The predicted molar refractivity (Wildman–Crippen MR) is 55.3 cm³/mol. The summed E-state index contributed by atoms with van der Waals surface area (Å²) >= 11 is 0. The van der Waals surface area contributed by atoms with Gasteiger partial charge in [0.2, 0.25) is 5.95 Å². The molecule has 0 aliphatic rings. The Morgan fingerprint density at radius 2 is 1.88 bits per heavy atom. The van der Waals surface area contributed by atoms with Crippen LogP contribution in [0.5, 0.6) is 0 Å². The highest BCUT2D eigenvalue weighted by Gasteiger charge is 2.31. The van der Waals surface area contributed by atoms with Gasteiger partial charge in [-0.2, -0.15) is 13.2 Å². The lowest BCUT2D eigenvalue weighted by Gasteiger charge is -2.22. The van der Waals surface area contributed by atoms with Crippen LogP contribution in [0, 0.1) is 0 Å². The molecule has 1 heterocycles. The third-order valence-electron chi connectivity index (χ3n) is 1.95. The van der Waals surface area contributed by atoms with Crippen LogP contribution in [0.2, 0.25) is 0 Å². The van der Waals surface area contributed by atoms with E-state index in [4.69, 9.17) is 10.8 Å². The van der Waals surface area contributed by atoms with Crippen LogP contribution < -0.4 is 10.6 Å². The summed E-state index contributed by atoms with van der Waals surface area (Å²) < 4.78 is 36.8. The number of aromatic nitrogens is 2. The maximum absolute atomic E-state index is 12.3. The first-order chi connectivity index (χ1) is 7.96. The second-order valence-corrected chi connectivity index (χ2v) is 3.36. The van der Waals surface area contributed by atoms with Gasteiger partial charge in [0.15, 0.2) is 0 Å². The summed E-state index contributed by atoms with van der Waals surface area (Å²) in [5, 5.41) is 8.71. The fraction of sp³-hybridized carbons (Fsp3) is 0.556. The number of hydrogen-bond acceptors (Lipinski definition) is 5. The largest absolute Gasteiger partial charge is 0.406 e. The van der Waals surface area contributed by atoms with Gasteiger partial charge in [-0.15, -0.1) is 0 Å². The number of hydrogen-bond donors (Lipinski definition) is 2. The molecule has 0 aliphatic heterocycles. The lowest BCUT2D eigenvalue weighted by Crippen LogP contribution is -2.37. The van der Waals surface area contributed by atoms with E-state index in [2.05, 4.69) is 9.97 Å². The summed E-state index contributed by atoms with van der Waals surface area (Å²) in [7, 11) is 0. The van der Waals surface area contributed by atoms with Crippen molar-refractivity contribution in [3.8, 4) is 0 Å². The fourth-order valence-electron chi connectivity index (χ4n) is 1.20. The van der Waals surface area contributed by atoms with Gasteiger partial charge in [-0.25, -0.2) is 9.97 Å². The normalized spacial score (nSPS) is 11.6. The zero-order valence-electron chi connectivity index (χ0n) is 8.98. The van der Waals surface area contributed by atoms with Crippen LogP contribution in [0.15, 0.2) is 12.4 Å². The molecule has 0 atom stereocenters. The smallest absolute Gasteiger partial charge is 0.395 e. The number of anilines is 1. The molecule has 0 aliphatic carbocycles. The molecule has 0 unspecified atom stereocenters. The van der Waals surface area contributed by atoms with Crippen molar-refractivity contribution in [3.05, 3.63) is 18.0 Å². The van der Waals surface area contributed by atoms with Gasteiger partial charge in [-0.3, -0.25) is 0 Å². The highest BCUT2D eigenvalue weighted by atomic mass is 19.4. The first kappa shape index (κ1) is 13.7. The molecule has 0 fully saturated rings. The first-order valence-electron chi connectivity index (χ1n) is 4.90. The highest BCUT2D eigenvalue weighted by Crippen LogP contribution is 2.19. The highest BCUT2D eigenvalue weighted by molar-refractivity contribution is 5.30. The van der Waals surface area contributed by atoms with Gasteiger partial charge in [-0.1, -0.05) is 0 Å². The van der Waals surface area contributed by atoms with Gasteiger partial charge < -0.3 is 15.7 Å². The summed E-state index contributed by atoms with van der Waals surface area (Å²) in [6.07, 6.45) is -1.64. The minimum atomic E-state index is -4.37. The van der Waals surface area contributed by atoms with Crippen molar-refractivity contribution >= 4 is 5.95 Å². The quantitative estimate of drug-likeness (QED) is 0.786. The molecule has 17 heavy (non-hydrogen) atoms. The molecule has 1 rings (SSSR count). The molecule has 0 bridgehead atoms. The van der Waals surface area contributed by atoms with E-state index < -0.39 is 19.3 Å². The van der Waals surface area contributed by atoms with E-state index in [0.717, 1.165) is 4.90 Å². The number of nitrogens with two attached hydrogens (primary N) is 1. The average molecular weight is 250 g/mol. The average Bonchev–Trinajstić information content (AvgIpc) is 2.27. The summed E-state index contributed by atoms with van der Waals surface area (Å²) in [4.78, 5) is 8.41. The van der Waals surface area contributed by atoms with Crippen molar-refractivity contribution in [2.45, 2.75) is 12.7 Å². The number of rotatable bonds is 5. The monoisotopic (exact) mass is 250 g/mol. The van der Waals surface area contributed by atoms with Gasteiger partial charge in [-0.05, 0) is 0 Å². The Hall–Kier alpha value is -1.41. The molecule has 8 heteroatoms. The Morgan fingerprint density at radius 3 is 2.29 bits per heavy atom. The van der Waals surface area contributed by atoms with E-state index in [0.29, 0.717) is 5.56 Å². The second kappa shape index (κ2) is 5.78. The summed E-state index contributed by atoms with van der Waals surface area (Å²) in [6.45, 7) is -1.56. The summed E-state index contributed by atoms with van der Waals surface area (Å²) in [5.74, 6) is -0.0754. The molecule has 0 spiro atoms. The van der Waals surface area contributed by atoms with E-state index in [-0.39, 0.29) is 19.0 Å². The lowest BCUT2D eigenvalue weighted by molar-refractivity contribution is -0.120. The van der Waals surface area contributed by atoms with Gasteiger partial charge in [0.1, 0.15) is 6.54 Å². The zero-order chi connectivity index (χ0) is 12.9. The second-order valence-electron chi connectivity index (χ2n) is 3.36. The number of aliphatic hydroxyl groups is 1. The van der Waals surface area contributed by atoms with E-state index >= 15 is 0 Å². The van der Waals surface area contributed by atoms with Crippen LogP contribution in [-0.2, 0) is 6.54 Å². The van der Waals surface area contributed by atoms with Crippen LogP contribution in [-0.4, -0.2) is 40.9 Å². The SMILES string of the molecule is NCc1cnc(N(CCO)CC(F)(F)F)nc1. The molecule has 0 amide bonds. The molecule has 0 saturated carbocycles. The fourth-order valence-corrected chi connectivity index (χ4v) is 1.20. The molecule has 0 saturated heterocycles. The summed E-state index contributed by atoms with van der Waals surface area (Å²) in [5.41, 5.74) is 5.95. The molecule has 5 nitrogen and oxygen atoms in total. The molecule has 3 N–H and O–H groups in total. The topological polar surface area (TPSA) is 75.3 Å². The maximum Gasteiger partial charge on any atom is 0.406 e. The molecule has 0 radical (unpaired) electrons. The first-order valence-corrected chi connectivity index (χ1v) is 4.90. The number of alkyl halides is 3. The van der Waals surface area contributed by atoms with Crippen molar-refractivity contribution in [2.75, 3.05) is 24.6 Å².